The third-order valence-corrected chi connectivity index (χ3v) is 4.27. The fourth-order valence-electron chi connectivity index (χ4n) is 1.78. The number of rotatable bonds is 6. The summed E-state index contributed by atoms with van der Waals surface area (Å²) in [4.78, 5) is -0.209. The van der Waals surface area contributed by atoms with E-state index in [0.29, 0.717) is 25.2 Å². The Balaban J connectivity index is 3.03. The van der Waals surface area contributed by atoms with Crippen molar-refractivity contribution >= 4 is 10.0 Å². The Morgan fingerprint density at radius 1 is 1.35 bits per heavy atom. The number of hydrogen-bond acceptors (Lipinski definition) is 4. The first-order chi connectivity index (χ1) is 9.08. The summed E-state index contributed by atoms with van der Waals surface area (Å²) >= 11 is 0. The van der Waals surface area contributed by atoms with E-state index in [1.165, 1.54) is 23.3 Å². The first kappa shape index (κ1) is 16.9. The Bertz CT molecular complexity index is 566. The summed E-state index contributed by atoms with van der Waals surface area (Å²) in [6.45, 7) is 2.15. The van der Waals surface area contributed by atoms with E-state index in [0.717, 1.165) is 0 Å². The van der Waals surface area contributed by atoms with E-state index >= 15 is 0 Å². The minimum absolute atomic E-state index is 0.161. The highest BCUT2D eigenvalue weighted by molar-refractivity contribution is 7.89. The molecule has 0 aliphatic heterocycles. The van der Waals surface area contributed by atoms with E-state index in [2.05, 4.69) is 5.10 Å². The van der Waals surface area contributed by atoms with Crippen molar-refractivity contribution in [1.29, 1.82) is 0 Å². The lowest BCUT2D eigenvalue weighted by Crippen LogP contribution is -2.34. The number of halogens is 3. The van der Waals surface area contributed by atoms with Crippen LogP contribution in [0.15, 0.2) is 4.90 Å². The van der Waals surface area contributed by atoms with E-state index in [-0.39, 0.29) is 10.6 Å². The molecule has 0 saturated carbocycles. The van der Waals surface area contributed by atoms with Crippen molar-refractivity contribution < 1.29 is 21.6 Å². The Morgan fingerprint density at radius 2 is 1.95 bits per heavy atom. The van der Waals surface area contributed by atoms with Gasteiger partial charge in [0.2, 0.25) is 10.0 Å². The molecule has 3 N–H and O–H groups in total. The number of nitrogens with zero attached hydrogens (tertiary/aromatic N) is 2. The molecular weight excluding hydrogens is 297 g/mol. The van der Waals surface area contributed by atoms with E-state index in [1.54, 1.807) is 0 Å². The van der Waals surface area contributed by atoms with Gasteiger partial charge in [0.25, 0.3) is 0 Å². The predicted octanol–water partition coefficient (Wildman–Crippen LogP) is 0.689. The molecule has 1 aromatic heterocycles. The van der Waals surface area contributed by atoms with Gasteiger partial charge in [-0.05, 0) is 26.8 Å². The maximum Gasteiger partial charge on any atom is 0.402 e. The van der Waals surface area contributed by atoms with Gasteiger partial charge in [0, 0.05) is 6.54 Å². The van der Waals surface area contributed by atoms with Crippen LogP contribution in [0.25, 0.3) is 0 Å². The zero-order valence-corrected chi connectivity index (χ0v) is 12.0. The van der Waals surface area contributed by atoms with Crippen molar-refractivity contribution in [3.8, 4) is 0 Å². The Labute approximate surface area is 115 Å². The van der Waals surface area contributed by atoms with Gasteiger partial charge < -0.3 is 5.73 Å². The van der Waals surface area contributed by atoms with Gasteiger partial charge in [0.1, 0.15) is 11.4 Å². The third kappa shape index (κ3) is 4.18. The van der Waals surface area contributed by atoms with Crippen LogP contribution in [0.5, 0.6) is 0 Å². The molecule has 0 amide bonds. The Morgan fingerprint density at radius 3 is 2.45 bits per heavy atom. The molecule has 1 aromatic rings. The number of sulfonamides is 1. The molecule has 1 heterocycles. The van der Waals surface area contributed by atoms with Crippen LogP contribution in [0.3, 0.4) is 0 Å². The zero-order chi connectivity index (χ0) is 15.6. The first-order valence-electron chi connectivity index (χ1n) is 5.89. The molecule has 0 spiro atoms. The topological polar surface area (TPSA) is 90.0 Å². The van der Waals surface area contributed by atoms with Crippen molar-refractivity contribution in [2.24, 2.45) is 5.73 Å². The van der Waals surface area contributed by atoms with Crippen LogP contribution in [0.2, 0.25) is 0 Å². The summed E-state index contributed by atoms with van der Waals surface area (Å²) in [5, 5.41) is 4.02. The number of alkyl halides is 3. The molecule has 0 radical (unpaired) electrons. The van der Waals surface area contributed by atoms with Gasteiger partial charge in [-0.25, -0.2) is 13.1 Å². The second-order valence-corrected chi connectivity index (χ2v) is 6.01. The van der Waals surface area contributed by atoms with Gasteiger partial charge in [-0.3, -0.25) is 4.68 Å². The third-order valence-electron chi connectivity index (χ3n) is 2.62. The first-order valence-corrected chi connectivity index (χ1v) is 7.37. The van der Waals surface area contributed by atoms with Crippen LogP contribution in [-0.2, 0) is 16.6 Å². The summed E-state index contributed by atoms with van der Waals surface area (Å²) < 4.78 is 63.1. The molecule has 116 valence electrons. The molecule has 0 aliphatic carbocycles. The predicted molar refractivity (Wildman–Crippen MR) is 66.6 cm³/mol. The maximum atomic E-state index is 12.1. The molecule has 0 bridgehead atoms. The summed E-state index contributed by atoms with van der Waals surface area (Å²) in [6.07, 6.45) is -4.01. The van der Waals surface area contributed by atoms with Crippen LogP contribution in [0.1, 0.15) is 17.8 Å². The van der Waals surface area contributed by atoms with Gasteiger partial charge in [0.05, 0.1) is 11.4 Å². The average Bonchev–Trinajstić information content (AvgIpc) is 2.59. The summed E-state index contributed by atoms with van der Waals surface area (Å²) in [6, 6.07) is 0. The van der Waals surface area contributed by atoms with Crippen molar-refractivity contribution in [2.75, 3.05) is 13.1 Å². The minimum Gasteiger partial charge on any atom is -0.330 e. The lowest BCUT2D eigenvalue weighted by molar-refractivity contribution is -0.121. The van der Waals surface area contributed by atoms with Crippen molar-refractivity contribution in [3.63, 3.8) is 0 Å². The maximum absolute atomic E-state index is 12.1. The fourth-order valence-corrected chi connectivity index (χ4v) is 3.20. The lowest BCUT2D eigenvalue weighted by Gasteiger charge is -2.10. The molecule has 1 rings (SSSR count). The number of hydrogen-bond donors (Lipinski definition) is 2. The largest absolute Gasteiger partial charge is 0.402 e. The van der Waals surface area contributed by atoms with Crippen molar-refractivity contribution in [2.45, 2.75) is 37.9 Å². The molecule has 20 heavy (non-hydrogen) atoms. The number of aryl methyl sites for hydroxylation is 2. The molecule has 10 heteroatoms. The molecule has 6 nitrogen and oxygen atoms in total. The molecule has 0 unspecified atom stereocenters. The summed E-state index contributed by atoms with van der Waals surface area (Å²) in [5.74, 6) is 0. The van der Waals surface area contributed by atoms with Crippen LogP contribution in [0, 0.1) is 13.8 Å². The molecular formula is C10H17F3N4O2S. The van der Waals surface area contributed by atoms with Crippen LogP contribution in [-0.4, -0.2) is 37.5 Å². The normalized spacial score (nSPS) is 12.9. The van der Waals surface area contributed by atoms with Crippen LogP contribution < -0.4 is 10.5 Å². The van der Waals surface area contributed by atoms with E-state index in [4.69, 9.17) is 5.73 Å². The molecule has 0 aliphatic rings. The van der Waals surface area contributed by atoms with E-state index in [1.807, 2.05) is 0 Å². The Kier molecular flexibility index (Phi) is 5.16. The molecule has 0 atom stereocenters. The van der Waals surface area contributed by atoms with Crippen molar-refractivity contribution in [3.05, 3.63) is 11.4 Å². The van der Waals surface area contributed by atoms with Gasteiger partial charge in [0.15, 0.2) is 0 Å². The van der Waals surface area contributed by atoms with Gasteiger partial charge in [-0.1, -0.05) is 0 Å². The number of nitrogens with two attached hydrogens (primary N) is 1. The van der Waals surface area contributed by atoms with Crippen LogP contribution >= 0.6 is 0 Å². The second kappa shape index (κ2) is 6.10. The molecule has 0 aromatic carbocycles. The highest BCUT2D eigenvalue weighted by atomic mass is 32.2. The minimum atomic E-state index is -4.61. The fraction of sp³-hybridized carbons (Fsp3) is 0.700. The smallest absolute Gasteiger partial charge is 0.330 e. The SMILES string of the molecule is Cc1nn(CCCN)c(C)c1S(=O)(=O)NCC(F)(F)F. The second-order valence-electron chi connectivity index (χ2n) is 4.31. The zero-order valence-electron chi connectivity index (χ0n) is 11.2. The standard InChI is InChI=1S/C10H17F3N4O2S/c1-7-9(8(2)17(16-7)5-3-4-14)20(18,19)15-6-10(11,12)13/h15H,3-6,14H2,1-2H3. The number of aromatic nitrogens is 2. The quantitative estimate of drug-likeness (QED) is 0.808. The van der Waals surface area contributed by atoms with Gasteiger partial charge >= 0.3 is 6.18 Å². The van der Waals surface area contributed by atoms with E-state index in [9.17, 15) is 21.6 Å². The molecule has 0 fully saturated rings. The summed E-state index contributed by atoms with van der Waals surface area (Å²) in [7, 11) is -4.24. The molecule has 0 saturated heterocycles. The monoisotopic (exact) mass is 314 g/mol. The van der Waals surface area contributed by atoms with Crippen molar-refractivity contribution in [1.82, 2.24) is 14.5 Å². The highest BCUT2D eigenvalue weighted by Crippen LogP contribution is 2.21. The van der Waals surface area contributed by atoms with E-state index < -0.39 is 22.7 Å². The average molecular weight is 314 g/mol. The number of nitrogens with one attached hydrogen (secondary N) is 1. The van der Waals surface area contributed by atoms with Gasteiger partial charge in [-0.15, -0.1) is 0 Å². The lowest BCUT2D eigenvalue weighted by atomic mass is 10.4. The highest BCUT2D eigenvalue weighted by Gasteiger charge is 2.32. The Hall–Kier alpha value is -1.13. The van der Waals surface area contributed by atoms with Gasteiger partial charge in [-0.2, -0.15) is 18.3 Å². The summed E-state index contributed by atoms with van der Waals surface area (Å²) in [5.41, 5.74) is 5.81. The van der Waals surface area contributed by atoms with Crippen LogP contribution in [0.4, 0.5) is 13.2 Å².